The van der Waals surface area contributed by atoms with Crippen molar-refractivity contribution in [1.82, 2.24) is 29.9 Å². The lowest BCUT2D eigenvalue weighted by molar-refractivity contribution is 0.452. The van der Waals surface area contributed by atoms with Crippen LogP contribution in [0.2, 0.25) is 0 Å². The molecule has 42 heavy (non-hydrogen) atoms. The molecule has 0 aliphatic heterocycles. The highest BCUT2D eigenvalue weighted by atomic mass is 16.3. The van der Waals surface area contributed by atoms with Gasteiger partial charge in [0.25, 0.3) is 0 Å². The molecule has 0 saturated carbocycles. The summed E-state index contributed by atoms with van der Waals surface area (Å²) in [5.74, 6) is -0.439. The van der Waals surface area contributed by atoms with E-state index >= 15 is 0 Å². The Kier molecular flexibility index (Phi) is 8.35. The molecule has 4 N–H and O–H groups in total. The molecule has 0 saturated heterocycles. The first kappa shape index (κ1) is 27.4. The van der Waals surface area contributed by atoms with E-state index in [4.69, 9.17) is 9.97 Å². The molecule has 0 fully saturated rings. The van der Waals surface area contributed by atoms with E-state index in [2.05, 4.69) is 19.9 Å². The summed E-state index contributed by atoms with van der Waals surface area (Å²) in [6.45, 7) is 0. The van der Waals surface area contributed by atoms with Crippen LogP contribution in [0.4, 0.5) is 0 Å². The highest BCUT2D eigenvalue weighted by molar-refractivity contribution is 5.80. The average molecular weight is 557 g/mol. The van der Waals surface area contributed by atoms with Crippen molar-refractivity contribution in [3.8, 4) is 23.5 Å². The zero-order chi connectivity index (χ0) is 29.3. The summed E-state index contributed by atoms with van der Waals surface area (Å²) in [5, 5.41) is 39.1. The van der Waals surface area contributed by atoms with E-state index in [0.29, 0.717) is 45.6 Å². The van der Waals surface area contributed by atoms with Crippen LogP contribution in [-0.4, -0.2) is 50.3 Å². The van der Waals surface area contributed by atoms with E-state index in [1.165, 1.54) is 24.3 Å². The lowest BCUT2D eigenvalue weighted by Crippen LogP contribution is -2.00. The predicted octanol–water partition coefficient (Wildman–Crippen LogP) is 5.56. The molecule has 0 unspecified atom stereocenters. The van der Waals surface area contributed by atoms with Gasteiger partial charge in [-0.3, -0.25) is 0 Å². The molecule has 0 amide bonds. The topological polar surface area (TPSA) is 158 Å². The van der Waals surface area contributed by atoms with Crippen molar-refractivity contribution in [2.45, 2.75) is 0 Å². The van der Waals surface area contributed by atoms with E-state index in [1.54, 1.807) is 97.1 Å². The highest BCUT2D eigenvalue weighted by Gasteiger charge is 2.09. The Labute approximate surface area is 240 Å². The molecule has 0 bridgehead atoms. The zero-order valence-corrected chi connectivity index (χ0v) is 22.0. The van der Waals surface area contributed by atoms with Gasteiger partial charge in [0.15, 0.2) is 0 Å². The summed E-state index contributed by atoms with van der Waals surface area (Å²) in [5.41, 5.74) is 3.98. The van der Waals surface area contributed by atoms with E-state index < -0.39 is 0 Å². The van der Waals surface area contributed by atoms with Gasteiger partial charge < -0.3 is 20.4 Å². The number of aromatic hydroxyl groups is 4. The Morgan fingerprint density at radius 1 is 0.310 bits per heavy atom. The fourth-order valence-corrected chi connectivity index (χ4v) is 3.77. The molecule has 5 heterocycles. The van der Waals surface area contributed by atoms with Gasteiger partial charge in [-0.15, -0.1) is 0 Å². The SMILES string of the molecule is Oc1cccc(C=Cc2nc(C=Cc3cccc(O)n3)c(C=Cc3cccc(O)n3)nc2C=Cc2cccc(O)n2)n1. The standard InChI is InChI=1S/C32H24N6O4/c39-29-9-1-5-21(33-29)13-17-25-26(18-14-22-6-2-10-30(40)34-22)38-28(20-16-24-8-4-12-32(42)36-24)27(37-25)19-15-23-7-3-11-31(41)35-23/h1-20H,(H,33,39)(H,34,40)(H,35,41)(H,36,42). The molecule has 5 aromatic rings. The average Bonchev–Trinajstić information content (AvgIpc) is 2.97. The van der Waals surface area contributed by atoms with Gasteiger partial charge in [0.2, 0.25) is 23.5 Å². The molecule has 0 radical (unpaired) electrons. The minimum atomic E-state index is -0.110. The lowest BCUT2D eigenvalue weighted by atomic mass is 10.1. The van der Waals surface area contributed by atoms with Crippen LogP contribution in [0.3, 0.4) is 0 Å². The molecule has 206 valence electrons. The minimum absolute atomic E-state index is 0.110. The first-order valence-electron chi connectivity index (χ1n) is 12.7. The summed E-state index contributed by atoms with van der Waals surface area (Å²) in [7, 11) is 0. The van der Waals surface area contributed by atoms with E-state index in [-0.39, 0.29) is 23.5 Å². The van der Waals surface area contributed by atoms with E-state index in [9.17, 15) is 20.4 Å². The Morgan fingerprint density at radius 3 is 0.762 bits per heavy atom. The normalized spacial score (nSPS) is 11.8. The van der Waals surface area contributed by atoms with Crippen molar-refractivity contribution in [2.75, 3.05) is 0 Å². The maximum absolute atomic E-state index is 9.77. The van der Waals surface area contributed by atoms with Crippen molar-refractivity contribution in [1.29, 1.82) is 0 Å². The molecule has 0 aromatic carbocycles. The predicted molar refractivity (Wildman–Crippen MR) is 161 cm³/mol. The molecule has 0 aliphatic carbocycles. The highest BCUT2D eigenvalue weighted by Crippen LogP contribution is 2.21. The first-order chi connectivity index (χ1) is 20.4. The lowest BCUT2D eigenvalue weighted by Gasteiger charge is -2.07. The number of aromatic nitrogens is 6. The van der Waals surface area contributed by atoms with Gasteiger partial charge in [0.05, 0.1) is 45.6 Å². The van der Waals surface area contributed by atoms with Crippen LogP contribution < -0.4 is 0 Å². The number of hydrogen-bond donors (Lipinski definition) is 4. The monoisotopic (exact) mass is 556 g/mol. The van der Waals surface area contributed by atoms with Crippen LogP contribution in [0.25, 0.3) is 48.6 Å². The maximum atomic E-state index is 9.77. The van der Waals surface area contributed by atoms with Gasteiger partial charge >= 0.3 is 0 Å². The number of pyridine rings is 4. The zero-order valence-electron chi connectivity index (χ0n) is 22.0. The third-order valence-corrected chi connectivity index (χ3v) is 5.68. The number of nitrogens with zero attached hydrogens (tertiary/aromatic N) is 6. The third-order valence-electron chi connectivity index (χ3n) is 5.68. The fraction of sp³-hybridized carbons (Fsp3) is 0. The fourth-order valence-electron chi connectivity index (χ4n) is 3.77. The second kappa shape index (κ2) is 12.8. The minimum Gasteiger partial charge on any atom is -0.493 e. The van der Waals surface area contributed by atoms with E-state index in [1.807, 2.05) is 0 Å². The van der Waals surface area contributed by atoms with Crippen LogP contribution in [0.15, 0.2) is 72.8 Å². The maximum Gasteiger partial charge on any atom is 0.211 e. The molecule has 10 heteroatoms. The van der Waals surface area contributed by atoms with Gasteiger partial charge in [0, 0.05) is 24.3 Å². The molecular weight excluding hydrogens is 532 g/mol. The van der Waals surface area contributed by atoms with Gasteiger partial charge in [-0.05, 0) is 72.9 Å². The largest absolute Gasteiger partial charge is 0.493 e. The summed E-state index contributed by atoms with van der Waals surface area (Å²) < 4.78 is 0. The van der Waals surface area contributed by atoms with Crippen LogP contribution >= 0.6 is 0 Å². The van der Waals surface area contributed by atoms with Crippen molar-refractivity contribution in [3.05, 3.63) is 118 Å². The van der Waals surface area contributed by atoms with Crippen molar-refractivity contribution < 1.29 is 20.4 Å². The molecule has 0 aliphatic rings. The Bertz CT molecular complexity index is 1590. The molecule has 0 spiro atoms. The van der Waals surface area contributed by atoms with Gasteiger partial charge in [0.1, 0.15) is 0 Å². The Hall–Kier alpha value is -6.16. The molecule has 5 aromatic heterocycles. The Balaban J connectivity index is 1.63. The van der Waals surface area contributed by atoms with Crippen molar-refractivity contribution in [2.24, 2.45) is 0 Å². The number of hydrogen-bond acceptors (Lipinski definition) is 10. The van der Waals surface area contributed by atoms with Crippen molar-refractivity contribution in [3.63, 3.8) is 0 Å². The molecule has 5 rings (SSSR count). The number of rotatable bonds is 8. The van der Waals surface area contributed by atoms with Crippen LogP contribution in [0.1, 0.15) is 45.6 Å². The summed E-state index contributed by atoms with van der Waals surface area (Å²) in [6.07, 6.45) is 13.7. The van der Waals surface area contributed by atoms with E-state index in [0.717, 1.165) is 0 Å². The smallest absolute Gasteiger partial charge is 0.211 e. The van der Waals surface area contributed by atoms with Gasteiger partial charge in [-0.25, -0.2) is 29.9 Å². The van der Waals surface area contributed by atoms with Crippen molar-refractivity contribution >= 4 is 48.6 Å². The van der Waals surface area contributed by atoms with Crippen LogP contribution in [-0.2, 0) is 0 Å². The van der Waals surface area contributed by atoms with Crippen LogP contribution in [0, 0.1) is 0 Å². The Morgan fingerprint density at radius 2 is 0.548 bits per heavy atom. The molecule has 10 nitrogen and oxygen atoms in total. The van der Waals surface area contributed by atoms with Crippen LogP contribution in [0.5, 0.6) is 23.5 Å². The summed E-state index contributed by atoms with van der Waals surface area (Å²) in [4.78, 5) is 26.1. The molecule has 0 atom stereocenters. The second-order valence-corrected chi connectivity index (χ2v) is 8.78. The first-order valence-corrected chi connectivity index (χ1v) is 12.7. The van der Waals surface area contributed by atoms with Gasteiger partial charge in [-0.1, -0.05) is 24.3 Å². The molecular formula is C32H24N6O4. The summed E-state index contributed by atoms with van der Waals surface area (Å²) >= 11 is 0. The second-order valence-electron chi connectivity index (χ2n) is 8.78. The quantitative estimate of drug-likeness (QED) is 0.191. The van der Waals surface area contributed by atoms with Gasteiger partial charge in [-0.2, -0.15) is 0 Å². The summed E-state index contributed by atoms with van der Waals surface area (Å²) in [6, 6.07) is 19.6. The third kappa shape index (κ3) is 7.48.